The van der Waals surface area contributed by atoms with Crippen molar-refractivity contribution in [2.45, 2.75) is 104 Å². The van der Waals surface area contributed by atoms with Crippen LogP contribution in [0.1, 0.15) is 120 Å². The molecular formula is C34H50N2O4S. The Labute approximate surface area is 252 Å². The van der Waals surface area contributed by atoms with Crippen molar-refractivity contribution < 1.29 is 19.8 Å². The first kappa shape index (κ1) is 35.8. The van der Waals surface area contributed by atoms with Gasteiger partial charge in [-0.25, -0.2) is 9.59 Å². The number of nitrogens with one attached hydrogen (secondary N) is 2. The predicted molar refractivity (Wildman–Crippen MR) is 176 cm³/mol. The molecule has 0 spiro atoms. The summed E-state index contributed by atoms with van der Waals surface area (Å²) in [6, 6.07) is 16.0. The van der Waals surface area contributed by atoms with Crippen LogP contribution < -0.4 is 10.6 Å². The van der Waals surface area contributed by atoms with Gasteiger partial charge in [0.2, 0.25) is 0 Å². The van der Waals surface area contributed by atoms with E-state index in [9.17, 15) is 9.59 Å². The van der Waals surface area contributed by atoms with Gasteiger partial charge >= 0.3 is 11.9 Å². The van der Waals surface area contributed by atoms with Gasteiger partial charge in [0.25, 0.3) is 0 Å². The van der Waals surface area contributed by atoms with Crippen LogP contribution in [0.4, 0.5) is 5.69 Å². The minimum atomic E-state index is -0.921. The van der Waals surface area contributed by atoms with Gasteiger partial charge in [-0.1, -0.05) is 121 Å². The maximum atomic E-state index is 10.8. The van der Waals surface area contributed by atoms with Crippen LogP contribution in [0, 0.1) is 0 Å². The molecular weight excluding hydrogens is 532 g/mol. The van der Waals surface area contributed by atoms with Gasteiger partial charge in [0.1, 0.15) is 0 Å². The van der Waals surface area contributed by atoms with E-state index in [0.717, 1.165) is 24.2 Å². The number of aliphatic carboxylic acids is 1. The summed E-state index contributed by atoms with van der Waals surface area (Å²) in [5.74, 6) is -1.80. The highest BCUT2D eigenvalue weighted by molar-refractivity contribution is 7.80. The smallest absolute Gasteiger partial charge is 0.335 e. The van der Waals surface area contributed by atoms with Crippen molar-refractivity contribution in [1.29, 1.82) is 0 Å². The molecule has 0 bridgehead atoms. The van der Waals surface area contributed by atoms with Gasteiger partial charge in [-0.2, -0.15) is 0 Å². The summed E-state index contributed by atoms with van der Waals surface area (Å²) in [6.45, 7) is 4.72. The molecule has 41 heavy (non-hydrogen) atoms. The lowest BCUT2D eigenvalue weighted by Crippen LogP contribution is -2.29. The Kier molecular flexibility index (Phi) is 20.5. The Hall–Kier alpha value is -3.19. The third kappa shape index (κ3) is 19.5. The number of hydrogen-bond donors (Lipinski definition) is 4. The second kappa shape index (κ2) is 23.5. The molecule has 226 valence electrons. The maximum Gasteiger partial charge on any atom is 0.335 e. The number of carboxylic acids is 2. The molecule has 4 N–H and O–H groups in total. The molecule has 0 aromatic heterocycles. The molecule has 0 aliphatic heterocycles. The molecule has 2 aromatic carbocycles. The van der Waals surface area contributed by atoms with E-state index in [1.807, 2.05) is 30.3 Å². The van der Waals surface area contributed by atoms with Crippen LogP contribution in [0.5, 0.6) is 0 Å². The highest BCUT2D eigenvalue weighted by Gasteiger charge is 2.03. The molecule has 2 rings (SSSR count). The third-order valence-electron chi connectivity index (χ3n) is 6.73. The minimum absolute atomic E-state index is 0.275. The summed E-state index contributed by atoms with van der Waals surface area (Å²) >= 11 is 5.28. The monoisotopic (exact) mass is 582 g/mol. The van der Waals surface area contributed by atoms with E-state index in [0.29, 0.717) is 10.7 Å². The van der Waals surface area contributed by atoms with E-state index in [4.69, 9.17) is 22.4 Å². The number of anilines is 1. The van der Waals surface area contributed by atoms with Crippen LogP contribution in [0.2, 0.25) is 0 Å². The number of rotatable bonds is 19. The summed E-state index contributed by atoms with van der Waals surface area (Å²) in [6.07, 6.45) is 20.7. The minimum Gasteiger partial charge on any atom is -0.478 e. The molecule has 0 heterocycles. The molecule has 0 amide bonds. The lowest BCUT2D eigenvalue weighted by Gasteiger charge is -2.10. The third-order valence-corrected chi connectivity index (χ3v) is 6.97. The molecule has 0 unspecified atom stereocenters. The first-order valence-electron chi connectivity index (χ1n) is 15.2. The SMILES string of the molecule is CC(=Cc1ccccc1)C(=O)O.CCCCCCCCCCCCCCCCNC(=S)Nc1ccc(C(=O)O)cc1. The van der Waals surface area contributed by atoms with Gasteiger partial charge < -0.3 is 20.8 Å². The zero-order valence-electron chi connectivity index (χ0n) is 25.0. The molecule has 6 nitrogen and oxygen atoms in total. The number of carboxylic acid groups (broad SMARTS) is 2. The average Bonchev–Trinajstić information content (AvgIpc) is 2.96. The second-order valence-corrected chi connectivity index (χ2v) is 10.8. The van der Waals surface area contributed by atoms with Gasteiger partial charge in [0.05, 0.1) is 5.56 Å². The summed E-state index contributed by atoms with van der Waals surface area (Å²) in [5, 5.41) is 24.4. The maximum absolute atomic E-state index is 10.8. The van der Waals surface area contributed by atoms with Gasteiger partial charge in [-0.3, -0.25) is 0 Å². The van der Waals surface area contributed by atoms with Crippen LogP contribution in [-0.2, 0) is 4.79 Å². The van der Waals surface area contributed by atoms with Crippen molar-refractivity contribution in [2.24, 2.45) is 0 Å². The normalized spacial score (nSPS) is 10.8. The fraction of sp³-hybridized carbons (Fsp3) is 0.500. The van der Waals surface area contributed by atoms with E-state index in [1.165, 1.54) is 83.5 Å². The molecule has 0 radical (unpaired) electrons. The summed E-state index contributed by atoms with van der Waals surface area (Å²) in [7, 11) is 0. The Morgan fingerprint density at radius 1 is 0.732 bits per heavy atom. The Morgan fingerprint density at radius 2 is 1.22 bits per heavy atom. The Morgan fingerprint density at radius 3 is 1.68 bits per heavy atom. The zero-order chi connectivity index (χ0) is 30.1. The van der Waals surface area contributed by atoms with Crippen LogP contribution in [0.25, 0.3) is 6.08 Å². The number of thiocarbonyl (C=S) groups is 1. The number of hydrogen-bond acceptors (Lipinski definition) is 3. The lowest BCUT2D eigenvalue weighted by molar-refractivity contribution is -0.132. The van der Waals surface area contributed by atoms with Crippen molar-refractivity contribution in [2.75, 3.05) is 11.9 Å². The fourth-order valence-electron chi connectivity index (χ4n) is 4.25. The van der Waals surface area contributed by atoms with Gasteiger partial charge in [0, 0.05) is 17.8 Å². The Bertz CT molecular complexity index is 1020. The largest absolute Gasteiger partial charge is 0.478 e. The molecule has 0 atom stereocenters. The van der Waals surface area contributed by atoms with Crippen LogP contribution in [0.3, 0.4) is 0 Å². The Balaban J connectivity index is 0.000000580. The zero-order valence-corrected chi connectivity index (χ0v) is 25.8. The van der Waals surface area contributed by atoms with Crippen molar-refractivity contribution >= 4 is 41.0 Å². The van der Waals surface area contributed by atoms with E-state index in [1.54, 1.807) is 37.3 Å². The number of carbonyl (C=O) groups is 2. The molecule has 0 saturated carbocycles. The molecule has 2 aromatic rings. The van der Waals surface area contributed by atoms with Gasteiger partial charge in [-0.15, -0.1) is 0 Å². The van der Waals surface area contributed by atoms with Crippen molar-refractivity contribution in [3.63, 3.8) is 0 Å². The van der Waals surface area contributed by atoms with Crippen LogP contribution >= 0.6 is 12.2 Å². The molecule has 0 fully saturated rings. The summed E-state index contributed by atoms with van der Waals surface area (Å²) in [5.41, 5.74) is 2.34. The van der Waals surface area contributed by atoms with Crippen LogP contribution in [-0.4, -0.2) is 33.8 Å². The van der Waals surface area contributed by atoms with Gasteiger partial charge in [-0.05, 0) is 61.5 Å². The highest BCUT2D eigenvalue weighted by atomic mass is 32.1. The van der Waals surface area contributed by atoms with Crippen molar-refractivity contribution in [3.05, 3.63) is 71.3 Å². The second-order valence-electron chi connectivity index (χ2n) is 10.4. The van der Waals surface area contributed by atoms with Crippen molar-refractivity contribution in [3.8, 4) is 0 Å². The lowest BCUT2D eigenvalue weighted by atomic mass is 10.0. The van der Waals surface area contributed by atoms with E-state index in [-0.39, 0.29) is 5.56 Å². The molecule has 0 saturated heterocycles. The summed E-state index contributed by atoms with van der Waals surface area (Å²) in [4.78, 5) is 21.3. The average molecular weight is 583 g/mol. The summed E-state index contributed by atoms with van der Waals surface area (Å²) < 4.78 is 0. The van der Waals surface area contributed by atoms with Gasteiger partial charge in [0.15, 0.2) is 5.11 Å². The quantitative estimate of drug-likeness (QED) is 0.0744. The number of unbranched alkanes of at least 4 members (excludes halogenated alkanes) is 13. The number of aromatic carboxylic acids is 1. The van der Waals surface area contributed by atoms with E-state index in [2.05, 4.69) is 17.6 Å². The van der Waals surface area contributed by atoms with Crippen LogP contribution in [0.15, 0.2) is 60.2 Å². The number of benzene rings is 2. The molecule has 0 aliphatic carbocycles. The standard InChI is InChI=1S/C24H40N2O2S.C10H10O2/c1-2-3-4-5-6-7-8-9-10-11-12-13-14-15-20-25-24(29)26-22-18-16-21(17-19-22)23(27)28;1-8(10(11)12)7-9-5-3-2-4-6-9/h16-19H,2-15,20H2,1H3,(H,27,28)(H2,25,26,29);2-7H,1H3,(H,11,12). The molecule has 0 aliphatic rings. The van der Waals surface area contributed by atoms with E-state index < -0.39 is 11.9 Å². The molecule has 7 heteroatoms. The van der Waals surface area contributed by atoms with E-state index >= 15 is 0 Å². The fourth-order valence-corrected chi connectivity index (χ4v) is 4.47. The van der Waals surface area contributed by atoms with Crippen molar-refractivity contribution in [1.82, 2.24) is 5.32 Å². The first-order valence-corrected chi connectivity index (χ1v) is 15.6. The highest BCUT2D eigenvalue weighted by Crippen LogP contribution is 2.13. The first-order chi connectivity index (χ1) is 19.8. The topological polar surface area (TPSA) is 98.7 Å². The predicted octanol–water partition coefficient (Wildman–Crippen LogP) is 9.33.